The van der Waals surface area contributed by atoms with Crippen molar-refractivity contribution >= 4 is 15.8 Å². The highest BCUT2D eigenvalue weighted by Gasteiger charge is 2.34. The molecule has 8 nitrogen and oxygen atoms in total. The zero-order chi connectivity index (χ0) is 21.8. The van der Waals surface area contributed by atoms with Gasteiger partial charge in [-0.15, -0.1) is 0 Å². The van der Waals surface area contributed by atoms with Crippen molar-refractivity contribution in [1.82, 2.24) is 14.3 Å². The van der Waals surface area contributed by atoms with E-state index in [4.69, 9.17) is 9.47 Å². The molecular weight excluding hydrogens is 416 g/mol. The Morgan fingerprint density at radius 1 is 0.968 bits per heavy atom. The Labute approximate surface area is 182 Å². The SMILES string of the molecule is COc1cccc(Oc2cc(N3CCN(S(=O)(=O)c4ccccc4)[C@H](C)C3)ncn2)c1. The fraction of sp³-hybridized carbons (Fsp3) is 0.273. The minimum atomic E-state index is -3.53. The van der Waals surface area contributed by atoms with Crippen LogP contribution in [0.2, 0.25) is 0 Å². The molecule has 0 aliphatic carbocycles. The second-order valence-corrected chi connectivity index (χ2v) is 9.11. The monoisotopic (exact) mass is 440 g/mol. The lowest BCUT2D eigenvalue weighted by Crippen LogP contribution is -2.54. The van der Waals surface area contributed by atoms with E-state index in [-0.39, 0.29) is 6.04 Å². The van der Waals surface area contributed by atoms with Crippen LogP contribution in [0.3, 0.4) is 0 Å². The summed E-state index contributed by atoms with van der Waals surface area (Å²) < 4.78 is 38.6. The van der Waals surface area contributed by atoms with Crippen molar-refractivity contribution in [3.05, 3.63) is 67.0 Å². The van der Waals surface area contributed by atoms with Crippen molar-refractivity contribution in [2.75, 3.05) is 31.6 Å². The summed E-state index contributed by atoms with van der Waals surface area (Å²) in [5.41, 5.74) is 0. The molecule has 162 valence electrons. The van der Waals surface area contributed by atoms with Gasteiger partial charge in [-0.2, -0.15) is 4.31 Å². The molecule has 0 radical (unpaired) electrons. The zero-order valence-corrected chi connectivity index (χ0v) is 18.2. The molecule has 1 aliphatic rings. The molecule has 9 heteroatoms. The number of piperazine rings is 1. The van der Waals surface area contributed by atoms with Crippen molar-refractivity contribution in [3.63, 3.8) is 0 Å². The van der Waals surface area contributed by atoms with Crippen molar-refractivity contribution < 1.29 is 17.9 Å². The van der Waals surface area contributed by atoms with Crippen LogP contribution in [0.25, 0.3) is 0 Å². The number of hydrogen-bond acceptors (Lipinski definition) is 7. The molecule has 2 aromatic carbocycles. The second-order valence-electron chi connectivity index (χ2n) is 7.22. The van der Waals surface area contributed by atoms with Crippen LogP contribution in [0.4, 0.5) is 5.82 Å². The number of benzene rings is 2. The highest BCUT2D eigenvalue weighted by atomic mass is 32.2. The van der Waals surface area contributed by atoms with E-state index in [0.717, 1.165) is 0 Å². The Kier molecular flexibility index (Phi) is 6.06. The van der Waals surface area contributed by atoms with Gasteiger partial charge in [-0.05, 0) is 31.2 Å². The van der Waals surface area contributed by atoms with Crippen molar-refractivity contribution in [3.8, 4) is 17.4 Å². The van der Waals surface area contributed by atoms with Crippen molar-refractivity contribution in [1.29, 1.82) is 0 Å². The fourth-order valence-corrected chi connectivity index (χ4v) is 5.21. The van der Waals surface area contributed by atoms with Gasteiger partial charge in [0.15, 0.2) is 0 Å². The van der Waals surface area contributed by atoms with Gasteiger partial charge in [0.1, 0.15) is 23.6 Å². The molecule has 1 atom stereocenters. The largest absolute Gasteiger partial charge is 0.497 e. The first-order chi connectivity index (χ1) is 15.0. The predicted molar refractivity (Wildman–Crippen MR) is 117 cm³/mol. The molecule has 0 saturated carbocycles. The van der Waals surface area contributed by atoms with Crippen LogP contribution < -0.4 is 14.4 Å². The normalized spacial score (nSPS) is 17.4. The maximum absolute atomic E-state index is 13.0. The number of anilines is 1. The van der Waals surface area contributed by atoms with Crippen LogP contribution in [-0.2, 0) is 10.0 Å². The van der Waals surface area contributed by atoms with Crippen LogP contribution in [0, 0.1) is 0 Å². The maximum Gasteiger partial charge on any atom is 0.243 e. The van der Waals surface area contributed by atoms with E-state index in [9.17, 15) is 8.42 Å². The van der Waals surface area contributed by atoms with E-state index in [1.165, 1.54) is 6.33 Å². The Balaban J connectivity index is 1.48. The number of nitrogens with zero attached hydrogens (tertiary/aromatic N) is 4. The average molecular weight is 441 g/mol. The highest BCUT2D eigenvalue weighted by molar-refractivity contribution is 7.89. The number of ether oxygens (including phenoxy) is 2. The molecule has 1 aliphatic heterocycles. The number of methoxy groups -OCH3 is 1. The third kappa shape index (κ3) is 4.62. The van der Waals surface area contributed by atoms with Crippen molar-refractivity contribution in [2.24, 2.45) is 0 Å². The molecule has 0 bridgehead atoms. The van der Waals surface area contributed by atoms with Crippen LogP contribution in [0.5, 0.6) is 17.4 Å². The molecule has 0 spiro atoms. The van der Waals surface area contributed by atoms with Gasteiger partial charge < -0.3 is 14.4 Å². The number of hydrogen-bond donors (Lipinski definition) is 0. The summed E-state index contributed by atoms with van der Waals surface area (Å²) in [6, 6.07) is 17.3. The number of sulfonamides is 1. The highest BCUT2D eigenvalue weighted by Crippen LogP contribution is 2.27. The Morgan fingerprint density at radius 2 is 1.74 bits per heavy atom. The molecule has 3 aromatic rings. The molecule has 0 N–H and O–H groups in total. The molecule has 1 fully saturated rings. The van der Waals surface area contributed by atoms with E-state index in [0.29, 0.717) is 47.7 Å². The minimum Gasteiger partial charge on any atom is -0.497 e. The van der Waals surface area contributed by atoms with E-state index < -0.39 is 10.0 Å². The van der Waals surface area contributed by atoms with Gasteiger partial charge in [0.25, 0.3) is 0 Å². The van der Waals surface area contributed by atoms with Gasteiger partial charge in [0, 0.05) is 37.8 Å². The standard InChI is InChI=1S/C22H24N4O4S/c1-17-15-25(11-12-26(17)31(27,28)20-9-4-3-5-10-20)21-14-22(24-16-23-21)30-19-8-6-7-18(13-19)29-2/h3-10,13-14,16-17H,11-12,15H2,1-2H3/t17-/m1/s1. The molecule has 2 heterocycles. The van der Waals surface area contributed by atoms with Crippen molar-refractivity contribution in [2.45, 2.75) is 17.9 Å². The Hall–Kier alpha value is -3.17. The van der Waals surface area contributed by atoms with Crippen LogP contribution in [-0.4, -0.2) is 55.5 Å². The van der Waals surface area contributed by atoms with Crippen LogP contribution in [0.15, 0.2) is 71.9 Å². The molecule has 1 aromatic heterocycles. The lowest BCUT2D eigenvalue weighted by molar-refractivity contribution is 0.305. The Bertz CT molecular complexity index is 1140. The summed E-state index contributed by atoms with van der Waals surface area (Å²) in [6.07, 6.45) is 1.45. The lowest BCUT2D eigenvalue weighted by atomic mass is 10.2. The first-order valence-corrected chi connectivity index (χ1v) is 11.4. The molecule has 0 unspecified atom stereocenters. The number of rotatable bonds is 6. The summed E-state index contributed by atoms with van der Waals surface area (Å²) >= 11 is 0. The first-order valence-electron chi connectivity index (χ1n) is 9.93. The summed E-state index contributed by atoms with van der Waals surface area (Å²) in [6.45, 7) is 3.31. The van der Waals surface area contributed by atoms with Gasteiger partial charge in [-0.1, -0.05) is 24.3 Å². The average Bonchev–Trinajstić information content (AvgIpc) is 2.80. The molecule has 4 rings (SSSR count). The molecular formula is C22H24N4O4S. The lowest BCUT2D eigenvalue weighted by Gasteiger charge is -2.39. The molecule has 1 saturated heterocycles. The fourth-order valence-electron chi connectivity index (χ4n) is 3.58. The summed E-state index contributed by atoms with van der Waals surface area (Å²) in [5, 5.41) is 0. The molecule has 31 heavy (non-hydrogen) atoms. The smallest absolute Gasteiger partial charge is 0.243 e. The third-order valence-electron chi connectivity index (χ3n) is 5.13. The van der Waals surface area contributed by atoms with Gasteiger partial charge in [-0.3, -0.25) is 0 Å². The Morgan fingerprint density at radius 3 is 2.48 bits per heavy atom. The van der Waals surface area contributed by atoms with Crippen LogP contribution in [0.1, 0.15) is 6.92 Å². The number of aromatic nitrogens is 2. The predicted octanol–water partition coefficient (Wildman–Crippen LogP) is 3.18. The van der Waals surface area contributed by atoms with Gasteiger partial charge >= 0.3 is 0 Å². The summed E-state index contributed by atoms with van der Waals surface area (Å²) in [4.78, 5) is 10.9. The van der Waals surface area contributed by atoms with Gasteiger partial charge in [0.2, 0.25) is 15.9 Å². The van der Waals surface area contributed by atoms with Gasteiger partial charge in [-0.25, -0.2) is 18.4 Å². The van der Waals surface area contributed by atoms with E-state index >= 15 is 0 Å². The quantitative estimate of drug-likeness (QED) is 0.582. The second kappa shape index (κ2) is 8.91. The first kappa shape index (κ1) is 21.1. The maximum atomic E-state index is 13.0. The zero-order valence-electron chi connectivity index (χ0n) is 17.4. The van der Waals surface area contributed by atoms with Crippen LogP contribution >= 0.6 is 0 Å². The van der Waals surface area contributed by atoms with E-state index in [2.05, 4.69) is 9.97 Å². The minimum absolute atomic E-state index is 0.211. The summed E-state index contributed by atoms with van der Waals surface area (Å²) in [5.74, 6) is 2.40. The topological polar surface area (TPSA) is 84.9 Å². The van der Waals surface area contributed by atoms with E-state index in [1.807, 2.05) is 30.0 Å². The molecule has 0 amide bonds. The van der Waals surface area contributed by atoms with E-state index in [1.54, 1.807) is 53.9 Å². The van der Waals surface area contributed by atoms with Gasteiger partial charge in [0.05, 0.1) is 12.0 Å². The third-order valence-corrected chi connectivity index (χ3v) is 7.16. The summed E-state index contributed by atoms with van der Waals surface area (Å²) in [7, 11) is -1.94.